The highest BCUT2D eigenvalue weighted by molar-refractivity contribution is 6.12. The van der Waals surface area contributed by atoms with Gasteiger partial charge in [-0.15, -0.1) is 0 Å². The number of halogens is 3. The molecule has 0 aliphatic rings. The molecular formula is C6H3Cl3O4. The van der Waals surface area contributed by atoms with Gasteiger partial charge in [0.05, 0.1) is 0 Å². The number of aromatic hydroxyl groups is 1. The lowest BCUT2D eigenvalue weighted by Crippen LogP contribution is -1.86. The van der Waals surface area contributed by atoms with Gasteiger partial charge in [-0.25, -0.2) is 0 Å². The van der Waals surface area contributed by atoms with Gasteiger partial charge in [-0.1, -0.05) is 0 Å². The Morgan fingerprint density at radius 2 is 1.54 bits per heavy atom. The molecule has 4 nitrogen and oxygen atoms in total. The minimum atomic E-state index is -0.247. The predicted octanol–water partition coefficient (Wildman–Crippen LogP) is 2.99. The highest BCUT2D eigenvalue weighted by atomic mass is 35.5. The summed E-state index contributed by atoms with van der Waals surface area (Å²) >= 11 is 15.2. The van der Waals surface area contributed by atoms with Crippen LogP contribution in [0.3, 0.4) is 0 Å². The van der Waals surface area contributed by atoms with Gasteiger partial charge in [0.25, 0.3) is 0 Å². The third-order valence-electron chi connectivity index (χ3n) is 1.29. The molecule has 0 heterocycles. The van der Waals surface area contributed by atoms with Crippen molar-refractivity contribution in [1.82, 2.24) is 0 Å². The zero-order valence-electron chi connectivity index (χ0n) is 5.96. The van der Waals surface area contributed by atoms with Gasteiger partial charge in [-0.3, -0.25) is 0 Å². The van der Waals surface area contributed by atoms with E-state index in [1.807, 2.05) is 0 Å². The van der Waals surface area contributed by atoms with E-state index < -0.39 is 0 Å². The summed E-state index contributed by atoms with van der Waals surface area (Å²) in [7, 11) is 0. The Labute approximate surface area is 89.0 Å². The van der Waals surface area contributed by atoms with Crippen LogP contribution in [0.2, 0.25) is 0 Å². The average Bonchev–Trinajstić information content (AvgIpc) is 2.17. The van der Waals surface area contributed by atoms with Gasteiger partial charge in [-0.05, 0) is 12.1 Å². The number of hydrogen-bond donors (Lipinski definition) is 1. The minimum absolute atomic E-state index is 0.0742. The summed E-state index contributed by atoms with van der Waals surface area (Å²) in [5.41, 5.74) is 0. The Kier molecular flexibility index (Phi) is 3.59. The van der Waals surface area contributed by atoms with E-state index in [1.165, 1.54) is 12.1 Å². The maximum Gasteiger partial charge on any atom is 0.238 e. The van der Waals surface area contributed by atoms with Crippen LogP contribution >= 0.6 is 35.6 Å². The van der Waals surface area contributed by atoms with Gasteiger partial charge >= 0.3 is 0 Å². The first-order chi connectivity index (χ1) is 6.24. The van der Waals surface area contributed by atoms with E-state index in [9.17, 15) is 5.11 Å². The molecule has 1 aromatic rings. The van der Waals surface area contributed by atoms with Crippen molar-refractivity contribution in [3.63, 3.8) is 0 Å². The zero-order chi connectivity index (χ0) is 9.84. The van der Waals surface area contributed by atoms with E-state index >= 15 is 0 Å². The van der Waals surface area contributed by atoms with Crippen molar-refractivity contribution in [3.8, 4) is 23.0 Å². The van der Waals surface area contributed by atoms with Crippen LogP contribution < -0.4 is 12.9 Å². The molecular weight excluding hydrogens is 242 g/mol. The van der Waals surface area contributed by atoms with Crippen molar-refractivity contribution >= 4 is 35.6 Å². The fourth-order valence-electron chi connectivity index (χ4n) is 0.743. The third kappa shape index (κ3) is 1.96. The van der Waals surface area contributed by atoms with Gasteiger partial charge in [-0.2, -0.15) is 0 Å². The van der Waals surface area contributed by atoms with Crippen molar-refractivity contribution in [2.75, 3.05) is 0 Å². The quantitative estimate of drug-likeness (QED) is 0.889. The molecule has 13 heavy (non-hydrogen) atoms. The average molecular weight is 245 g/mol. The van der Waals surface area contributed by atoms with Gasteiger partial charge in [0.1, 0.15) is 35.6 Å². The molecule has 0 unspecified atom stereocenters. The van der Waals surface area contributed by atoms with Crippen LogP contribution in [-0.2, 0) is 0 Å². The number of hydrogen-bond acceptors (Lipinski definition) is 4. The first-order valence-electron chi connectivity index (χ1n) is 2.96. The molecule has 0 radical (unpaired) electrons. The van der Waals surface area contributed by atoms with Crippen LogP contribution in [0, 0.1) is 0 Å². The van der Waals surface area contributed by atoms with E-state index in [2.05, 4.69) is 12.9 Å². The van der Waals surface area contributed by atoms with Gasteiger partial charge in [0, 0.05) is 0 Å². The molecule has 7 heteroatoms. The first kappa shape index (κ1) is 10.4. The Hall–Kier alpha value is -0.710. The van der Waals surface area contributed by atoms with Crippen LogP contribution in [0.25, 0.3) is 0 Å². The minimum Gasteiger partial charge on any atom is -0.504 e. The summed E-state index contributed by atoms with van der Waals surface area (Å²) < 4.78 is 13.0. The lowest BCUT2D eigenvalue weighted by molar-refractivity contribution is 0.429. The van der Waals surface area contributed by atoms with Gasteiger partial charge in [0.2, 0.25) is 11.5 Å². The van der Waals surface area contributed by atoms with Crippen molar-refractivity contribution in [2.45, 2.75) is 0 Å². The molecule has 0 saturated carbocycles. The van der Waals surface area contributed by atoms with Crippen molar-refractivity contribution in [1.29, 1.82) is 0 Å². The van der Waals surface area contributed by atoms with Crippen LogP contribution in [-0.4, -0.2) is 5.11 Å². The topological polar surface area (TPSA) is 47.9 Å². The third-order valence-corrected chi connectivity index (χ3v) is 1.77. The van der Waals surface area contributed by atoms with E-state index in [-0.39, 0.29) is 23.0 Å². The van der Waals surface area contributed by atoms with E-state index in [0.29, 0.717) is 0 Å². The summed E-state index contributed by atoms with van der Waals surface area (Å²) in [6, 6.07) is 2.59. The molecule has 0 aliphatic carbocycles. The SMILES string of the molecule is Oc1ccc(OCl)c(OCl)c1OCl. The van der Waals surface area contributed by atoms with Crippen molar-refractivity contribution in [2.24, 2.45) is 0 Å². The van der Waals surface area contributed by atoms with E-state index in [4.69, 9.17) is 35.6 Å². The number of phenolic OH excluding ortho intramolecular Hbond substituents is 1. The van der Waals surface area contributed by atoms with Crippen molar-refractivity contribution < 1.29 is 18.0 Å². The standard InChI is InChI=1S/C6H3Cl3O4/c7-11-4-2-1-3(10)5(12-8)6(4)13-9/h1-2,10H. The summed E-state index contributed by atoms with van der Waals surface area (Å²) in [4.78, 5) is 0. The normalized spacial score (nSPS) is 9.46. The lowest BCUT2D eigenvalue weighted by atomic mass is 10.3. The Morgan fingerprint density at radius 3 is 2.00 bits per heavy atom. The predicted molar refractivity (Wildman–Crippen MR) is 47.5 cm³/mol. The highest BCUT2D eigenvalue weighted by Gasteiger charge is 2.17. The Morgan fingerprint density at radius 1 is 0.923 bits per heavy atom. The number of benzene rings is 1. The van der Waals surface area contributed by atoms with Crippen LogP contribution in [0.15, 0.2) is 12.1 Å². The molecule has 1 aromatic carbocycles. The summed E-state index contributed by atoms with van der Waals surface area (Å²) in [6.45, 7) is 0. The molecule has 0 amide bonds. The second-order valence-electron chi connectivity index (χ2n) is 1.97. The molecule has 1 N–H and O–H groups in total. The number of phenols is 1. The van der Waals surface area contributed by atoms with E-state index in [1.54, 1.807) is 0 Å². The molecule has 72 valence electrons. The van der Waals surface area contributed by atoms with Gasteiger partial charge in [0.15, 0.2) is 11.5 Å². The molecule has 0 spiro atoms. The first-order valence-corrected chi connectivity index (χ1v) is 3.89. The number of rotatable bonds is 3. The van der Waals surface area contributed by atoms with Gasteiger partial charge < -0.3 is 18.0 Å². The molecule has 0 fully saturated rings. The second kappa shape index (κ2) is 4.50. The van der Waals surface area contributed by atoms with Crippen molar-refractivity contribution in [3.05, 3.63) is 12.1 Å². The maximum absolute atomic E-state index is 9.20. The molecule has 0 aromatic heterocycles. The second-order valence-corrected chi connectivity index (χ2v) is 2.44. The highest BCUT2D eigenvalue weighted by Crippen LogP contribution is 2.45. The largest absolute Gasteiger partial charge is 0.504 e. The summed E-state index contributed by atoms with van der Waals surface area (Å²) in [5, 5.41) is 9.20. The Balaban J connectivity index is 3.27. The molecule has 0 atom stereocenters. The molecule has 1 rings (SSSR count). The monoisotopic (exact) mass is 244 g/mol. The Bertz CT molecular complexity index is 304. The fraction of sp³-hybridized carbons (Fsp3) is 0. The fourth-order valence-corrected chi connectivity index (χ4v) is 1.16. The van der Waals surface area contributed by atoms with Crippen LogP contribution in [0.1, 0.15) is 0 Å². The van der Waals surface area contributed by atoms with Crippen LogP contribution in [0.5, 0.6) is 23.0 Å². The zero-order valence-corrected chi connectivity index (χ0v) is 8.23. The van der Waals surface area contributed by atoms with Crippen LogP contribution in [0.4, 0.5) is 0 Å². The molecule has 0 bridgehead atoms. The molecule has 0 saturated heterocycles. The van der Waals surface area contributed by atoms with E-state index in [0.717, 1.165) is 0 Å². The molecule has 0 aliphatic heterocycles. The summed E-state index contributed by atoms with van der Waals surface area (Å²) in [6.07, 6.45) is 0. The summed E-state index contributed by atoms with van der Waals surface area (Å²) in [5.74, 6) is -0.449. The smallest absolute Gasteiger partial charge is 0.238 e. The lowest BCUT2D eigenvalue weighted by Gasteiger charge is -2.07. The maximum atomic E-state index is 9.20.